The van der Waals surface area contributed by atoms with Crippen molar-refractivity contribution in [1.29, 1.82) is 0 Å². The number of fused-ring (bicyclic) bond motifs is 1. The molecule has 1 heterocycles. The van der Waals surface area contributed by atoms with Crippen LogP contribution in [0.3, 0.4) is 0 Å². The Morgan fingerprint density at radius 1 is 1.23 bits per heavy atom. The van der Waals surface area contributed by atoms with Crippen LogP contribution in [0.1, 0.15) is 29.7 Å². The lowest BCUT2D eigenvalue weighted by Gasteiger charge is -2.28. The number of ether oxygens (including phenoxy) is 2. The predicted octanol–water partition coefficient (Wildman–Crippen LogP) is 4.06. The first-order valence-corrected chi connectivity index (χ1v) is 8.24. The van der Waals surface area contributed by atoms with E-state index in [2.05, 4.69) is 52.4 Å². The molecular formula is C18H20BrNO2. The van der Waals surface area contributed by atoms with Crippen molar-refractivity contribution in [3.05, 3.63) is 63.6 Å². The van der Waals surface area contributed by atoms with Crippen molar-refractivity contribution < 1.29 is 9.47 Å². The van der Waals surface area contributed by atoms with Crippen molar-refractivity contribution >= 4 is 15.9 Å². The predicted molar refractivity (Wildman–Crippen MR) is 91.2 cm³/mol. The van der Waals surface area contributed by atoms with Crippen LogP contribution < -0.4 is 10.1 Å². The van der Waals surface area contributed by atoms with E-state index in [1.807, 2.05) is 18.2 Å². The van der Waals surface area contributed by atoms with Gasteiger partial charge >= 0.3 is 0 Å². The molecule has 3 nitrogen and oxygen atoms in total. The number of rotatable bonds is 2. The van der Waals surface area contributed by atoms with E-state index in [9.17, 15) is 0 Å². The molecule has 0 saturated carbocycles. The van der Waals surface area contributed by atoms with Gasteiger partial charge < -0.3 is 9.47 Å². The molecule has 2 aromatic rings. The maximum absolute atomic E-state index is 6.13. The van der Waals surface area contributed by atoms with E-state index in [1.165, 1.54) is 11.1 Å². The highest BCUT2D eigenvalue weighted by molar-refractivity contribution is 9.10. The third kappa shape index (κ3) is 3.35. The molecule has 0 aromatic heterocycles. The van der Waals surface area contributed by atoms with Crippen LogP contribution in [0.2, 0.25) is 0 Å². The van der Waals surface area contributed by atoms with Crippen molar-refractivity contribution in [3.8, 4) is 5.75 Å². The molecule has 2 unspecified atom stereocenters. The van der Waals surface area contributed by atoms with Crippen LogP contribution >= 0.6 is 15.9 Å². The molecule has 4 heteroatoms. The Kier molecular flexibility index (Phi) is 4.81. The lowest BCUT2D eigenvalue weighted by atomic mass is 9.93. The zero-order chi connectivity index (χ0) is 15.5. The van der Waals surface area contributed by atoms with E-state index in [4.69, 9.17) is 9.47 Å². The van der Waals surface area contributed by atoms with Crippen LogP contribution in [0.4, 0.5) is 0 Å². The van der Waals surface area contributed by atoms with Crippen molar-refractivity contribution in [2.45, 2.75) is 25.5 Å². The lowest BCUT2D eigenvalue weighted by molar-refractivity contribution is 0.0552. The molecule has 3 rings (SSSR count). The number of nitrogens with one attached hydrogen (secondary N) is 1. The summed E-state index contributed by atoms with van der Waals surface area (Å²) in [6, 6.07) is 14.9. The van der Waals surface area contributed by atoms with Crippen LogP contribution in [0.25, 0.3) is 0 Å². The summed E-state index contributed by atoms with van der Waals surface area (Å²) in [6.45, 7) is 2.72. The van der Waals surface area contributed by atoms with E-state index in [1.54, 1.807) is 7.11 Å². The molecule has 0 radical (unpaired) electrons. The Bertz CT molecular complexity index is 659. The van der Waals surface area contributed by atoms with Crippen LogP contribution in [-0.4, -0.2) is 19.9 Å². The second-order valence-corrected chi connectivity index (χ2v) is 6.54. The number of hydrogen-bond acceptors (Lipinski definition) is 3. The van der Waals surface area contributed by atoms with Gasteiger partial charge in [-0.1, -0.05) is 34.1 Å². The monoisotopic (exact) mass is 361 g/mol. The van der Waals surface area contributed by atoms with E-state index in [0.29, 0.717) is 12.8 Å². The zero-order valence-electron chi connectivity index (χ0n) is 12.8. The number of benzene rings is 2. The van der Waals surface area contributed by atoms with Gasteiger partial charge in [0.25, 0.3) is 0 Å². The molecule has 1 aliphatic rings. The highest BCUT2D eigenvalue weighted by Gasteiger charge is 2.22. The molecule has 1 aliphatic heterocycles. The summed E-state index contributed by atoms with van der Waals surface area (Å²) in [4.78, 5) is 0. The van der Waals surface area contributed by atoms with Crippen LogP contribution in [0, 0.1) is 0 Å². The second kappa shape index (κ2) is 6.82. The van der Waals surface area contributed by atoms with Gasteiger partial charge in [-0.05, 0) is 54.3 Å². The normalized spacial score (nSPS) is 21.6. The van der Waals surface area contributed by atoms with Gasteiger partial charge in [-0.15, -0.1) is 0 Å². The standard InChI is InChI=1S/C18H20BrNO2/c1-12-8-13-6-7-15(19)10-17(13)18(22-11-20-12)14-4-3-5-16(9-14)21-2/h3-7,9-10,12,18,20H,8,11H2,1-2H3. The van der Waals surface area contributed by atoms with Gasteiger partial charge in [0.2, 0.25) is 0 Å². The minimum atomic E-state index is -0.0948. The topological polar surface area (TPSA) is 30.5 Å². The fourth-order valence-corrected chi connectivity index (χ4v) is 3.22. The van der Waals surface area contributed by atoms with E-state index in [-0.39, 0.29) is 6.10 Å². The van der Waals surface area contributed by atoms with Gasteiger partial charge in [-0.2, -0.15) is 0 Å². The summed E-state index contributed by atoms with van der Waals surface area (Å²) in [5.74, 6) is 0.848. The lowest BCUT2D eigenvalue weighted by Crippen LogP contribution is -2.34. The molecule has 0 fully saturated rings. The summed E-state index contributed by atoms with van der Waals surface area (Å²) >= 11 is 3.58. The Balaban J connectivity index is 2.06. The minimum absolute atomic E-state index is 0.0948. The fraction of sp³-hybridized carbons (Fsp3) is 0.333. The molecule has 0 saturated heterocycles. The fourth-order valence-electron chi connectivity index (χ4n) is 2.84. The Labute approximate surface area is 139 Å². The van der Waals surface area contributed by atoms with Crippen LogP contribution in [-0.2, 0) is 11.2 Å². The molecule has 2 aromatic carbocycles. The molecule has 116 valence electrons. The van der Waals surface area contributed by atoms with Gasteiger partial charge in [0, 0.05) is 10.5 Å². The molecule has 1 N–H and O–H groups in total. The van der Waals surface area contributed by atoms with Gasteiger partial charge in [0.05, 0.1) is 13.8 Å². The number of methoxy groups -OCH3 is 1. The third-order valence-corrected chi connectivity index (χ3v) is 4.49. The second-order valence-electron chi connectivity index (χ2n) is 5.62. The highest BCUT2D eigenvalue weighted by Crippen LogP contribution is 2.33. The van der Waals surface area contributed by atoms with Gasteiger partial charge in [0.1, 0.15) is 11.9 Å². The van der Waals surface area contributed by atoms with E-state index >= 15 is 0 Å². The molecule has 2 atom stereocenters. The summed E-state index contributed by atoms with van der Waals surface area (Å²) in [7, 11) is 1.69. The van der Waals surface area contributed by atoms with E-state index in [0.717, 1.165) is 22.2 Å². The minimum Gasteiger partial charge on any atom is -0.497 e. The third-order valence-electron chi connectivity index (χ3n) is 3.99. The first-order chi connectivity index (χ1) is 10.7. The first kappa shape index (κ1) is 15.5. The molecule has 0 bridgehead atoms. The van der Waals surface area contributed by atoms with Gasteiger partial charge in [-0.25, -0.2) is 0 Å². The van der Waals surface area contributed by atoms with E-state index < -0.39 is 0 Å². The van der Waals surface area contributed by atoms with Crippen LogP contribution in [0.5, 0.6) is 5.75 Å². The Morgan fingerprint density at radius 2 is 2.09 bits per heavy atom. The Morgan fingerprint density at radius 3 is 2.91 bits per heavy atom. The molecular weight excluding hydrogens is 342 g/mol. The van der Waals surface area contributed by atoms with Crippen molar-refractivity contribution in [2.24, 2.45) is 0 Å². The largest absolute Gasteiger partial charge is 0.497 e. The number of halogens is 1. The Hall–Kier alpha value is -1.36. The van der Waals surface area contributed by atoms with Crippen molar-refractivity contribution in [2.75, 3.05) is 13.8 Å². The molecule has 0 amide bonds. The maximum Gasteiger partial charge on any atom is 0.119 e. The maximum atomic E-state index is 6.13. The average Bonchev–Trinajstić information content (AvgIpc) is 2.52. The number of hydrogen-bond donors (Lipinski definition) is 1. The highest BCUT2D eigenvalue weighted by atomic mass is 79.9. The smallest absolute Gasteiger partial charge is 0.119 e. The average molecular weight is 362 g/mol. The van der Waals surface area contributed by atoms with Crippen molar-refractivity contribution in [1.82, 2.24) is 5.32 Å². The van der Waals surface area contributed by atoms with Gasteiger partial charge in [-0.3, -0.25) is 5.32 Å². The molecule has 0 aliphatic carbocycles. The summed E-state index contributed by atoms with van der Waals surface area (Å²) in [6.07, 6.45) is 0.898. The van der Waals surface area contributed by atoms with Crippen molar-refractivity contribution in [3.63, 3.8) is 0 Å². The van der Waals surface area contributed by atoms with Crippen LogP contribution in [0.15, 0.2) is 46.9 Å². The van der Waals surface area contributed by atoms with Gasteiger partial charge in [0.15, 0.2) is 0 Å². The summed E-state index contributed by atoms with van der Waals surface area (Å²) < 4.78 is 12.6. The molecule has 0 spiro atoms. The first-order valence-electron chi connectivity index (χ1n) is 7.44. The zero-order valence-corrected chi connectivity index (χ0v) is 14.4. The summed E-state index contributed by atoms with van der Waals surface area (Å²) in [5, 5.41) is 3.40. The molecule has 22 heavy (non-hydrogen) atoms. The quantitative estimate of drug-likeness (QED) is 0.874. The summed E-state index contributed by atoms with van der Waals surface area (Å²) in [5.41, 5.74) is 3.64. The SMILES string of the molecule is COc1cccc(C2OCNC(C)Cc3ccc(Br)cc32)c1.